The average molecular weight is 299 g/mol. The number of carboxylic acid groups (broad SMARTS) is 1. The van der Waals surface area contributed by atoms with Gasteiger partial charge in [0.2, 0.25) is 5.91 Å². The fourth-order valence-electron chi connectivity index (χ4n) is 2.01. The zero-order valence-corrected chi connectivity index (χ0v) is 12.2. The molecule has 0 unspecified atom stereocenters. The molecule has 0 aromatic heterocycles. The number of amides is 1. The van der Waals surface area contributed by atoms with Crippen molar-refractivity contribution in [2.45, 2.75) is 13.5 Å². The van der Waals surface area contributed by atoms with E-state index in [9.17, 15) is 9.59 Å². The Morgan fingerprint density at radius 3 is 2.50 bits per heavy atom. The van der Waals surface area contributed by atoms with E-state index in [4.69, 9.17) is 9.84 Å². The summed E-state index contributed by atoms with van der Waals surface area (Å²) in [6.45, 7) is 1.99. The van der Waals surface area contributed by atoms with E-state index in [1.807, 2.05) is 30.3 Å². The van der Waals surface area contributed by atoms with Gasteiger partial charge in [-0.3, -0.25) is 4.79 Å². The molecule has 0 bridgehead atoms. The average Bonchev–Trinajstić information content (AvgIpc) is 2.48. The molecule has 2 aromatic rings. The SMILES string of the molecule is Cc1cc(NC(=O)COCc2ccccc2)ccc1C(=O)O. The van der Waals surface area contributed by atoms with Crippen molar-refractivity contribution in [3.05, 3.63) is 65.2 Å². The zero-order chi connectivity index (χ0) is 15.9. The van der Waals surface area contributed by atoms with Crippen molar-refractivity contribution in [1.82, 2.24) is 0 Å². The van der Waals surface area contributed by atoms with E-state index < -0.39 is 5.97 Å². The Hall–Kier alpha value is -2.66. The summed E-state index contributed by atoms with van der Waals surface area (Å²) in [6, 6.07) is 14.2. The van der Waals surface area contributed by atoms with Gasteiger partial charge in [-0.25, -0.2) is 4.79 Å². The number of hydrogen-bond donors (Lipinski definition) is 2. The van der Waals surface area contributed by atoms with Crippen LogP contribution in [-0.4, -0.2) is 23.6 Å². The molecule has 5 nitrogen and oxygen atoms in total. The van der Waals surface area contributed by atoms with Crippen LogP contribution >= 0.6 is 0 Å². The maximum absolute atomic E-state index is 11.8. The standard InChI is InChI=1S/C17H17NO4/c1-12-9-14(7-8-15(12)17(20)21)18-16(19)11-22-10-13-5-3-2-4-6-13/h2-9H,10-11H2,1H3,(H,18,19)(H,20,21). The van der Waals surface area contributed by atoms with Gasteiger partial charge in [-0.1, -0.05) is 30.3 Å². The van der Waals surface area contributed by atoms with Crippen molar-refractivity contribution in [3.63, 3.8) is 0 Å². The lowest BCUT2D eigenvalue weighted by Gasteiger charge is -2.08. The van der Waals surface area contributed by atoms with Gasteiger partial charge in [0, 0.05) is 5.69 Å². The monoisotopic (exact) mass is 299 g/mol. The molecule has 1 amide bonds. The minimum absolute atomic E-state index is 0.0609. The van der Waals surface area contributed by atoms with Gasteiger partial charge >= 0.3 is 5.97 Å². The summed E-state index contributed by atoms with van der Waals surface area (Å²) in [5.41, 5.74) is 2.36. The minimum Gasteiger partial charge on any atom is -0.478 e. The summed E-state index contributed by atoms with van der Waals surface area (Å²) in [5.74, 6) is -1.26. The number of rotatable bonds is 6. The molecule has 0 aliphatic heterocycles. The summed E-state index contributed by atoms with van der Waals surface area (Å²) in [4.78, 5) is 22.7. The van der Waals surface area contributed by atoms with Crippen LogP contribution in [0.15, 0.2) is 48.5 Å². The normalized spacial score (nSPS) is 10.2. The van der Waals surface area contributed by atoms with Crippen LogP contribution in [0.25, 0.3) is 0 Å². The lowest BCUT2D eigenvalue weighted by Crippen LogP contribution is -2.18. The maximum atomic E-state index is 11.8. The van der Waals surface area contributed by atoms with Gasteiger partial charge in [0.05, 0.1) is 12.2 Å². The number of ether oxygens (including phenoxy) is 1. The Morgan fingerprint density at radius 2 is 1.86 bits per heavy atom. The molecule has 0 atom stereocenters. The first-order chi connectivity index (χ1) is 10.6. The van der Waals surface area contributed by atoms with Gasteiger partial charge in [0.25, 0.3) is 0 Å². The quantitative estimate of drug-likeness (QED) is 0.860. The van der Waals surface area contributed by atoms with Crippen LogP contribution in [0.3, 0.4) is 0 Å². The molecule has 0 aliphatic rings. The molecule has 0 fully saturated rings. The predicted octanol–water partition coefficient (Wildman–Crippen LogP) is 2.85. The second-order valence-corrected chi connectivity index (χ2v) is 4.86. The Morgan fingerprint density at radius 1 is 1.14 bits per heavy atom. The fraction of sp³-hybridized carbons (Fsp3) is 0.176. The van der Waals surface area contributed by atoms with Gasteiger partial charge in [0.1, 0.15) is 6.61 Å². The fourth-order valence-corrected chi connectivity index (χ4v) is 2.01. The maximum Gasteiger partial charge on any atom is 0.335 e. The highest BCUT2D eigenvalue weighted by Gasteiger charge is 2.09. The highest BCUT2D eigenvalue weighted by molar-refractivity contribution is 5.94. The number of carbonyl (C=O) groups excluding carboxylic acids is 1. The first kappa shape index (κ1) is 15.7. The first-order valence-corrected chi connectivity index (χ1v) is 6.82. The van der Waals surface area contributed by atoms with Crippen molar-refractivity contribution >= 4 is 17.6 Å². The summed E-state index contributed by atoms with van der Waals surface area (Å²) in [7, 11) is 0. The van der Waals surface area contributed by atoms with Gasteiger partial charge in [-0.05, 0) is 36.2 Å². The predicted molar refractivity (Wildman–Crippen MR) is 82.9 cm³/mol. The second kappa shape index (κ2) is 7.38. The molecule has 0 heterocycles. The highest BCUT2D eigenvalue weighted by Crippen LogP contribution is 2.15. The molecular formula is C17H17NO4. The van der Waals surface area contributed by atoms with Crippen LogP contribution < -0.4 is 5.32 Å². The van der Waals surface area contributed by atoms with Crippen LogP contribution in [0.5, 0.6) is 0 Å². The third kappa shape index (κ3) is 4.43. The second-order valence-electron chi connectivity index (χ2n) is 4.86. The Balaban J connectivity index is 1.84. The van der Waals surface area contributed by atoms with Gasteiger partial charge in [-0.2, -0.15) is 0 Å². The van der Waals surface area contributed by atoms with E-state index in [-0.39, 0.29) is 18.1 Å². The molecule has 2 aromatic carbocycles. The van der Waals surface area contributed by atoms with Gasteiger partial charge in [0.15, 0.2) is 0 Å². The number of carbonyl (C=O) groups is 2. The van der Waals surface area contributed by atoms with Gasteiger partial charge < -0.3 is 15.2 Å². The molecule has 0 spiro atoms. The van der Waals surface area contributed by atoms with E-state index >= 15 is 0 Å². The van der Waals surface area contributed by atoms with E-state index in [0.29, 0.717) is 17.9 Å². The van der Waals surface area contributed by atoms with Crippen LogP contribution in [0.4, 0.5) is 5.69 Å². The largest absolute Gasteiger partial charge is 0.478 e. The highest BCUT2D eigenvalue weighted by atomic mass is 16.5. The third-order valence-electron chi connectivity index (χ3n) is 3.09. The van der Waals surface area contributed by atoms with Crippen molar-refractivity contribution in [2.24, 2.45) is 0 Å². The number of benzene rings is 2. The zero-order valence-electron chi connectivity index (χ0n) is 12.2. The van der Waals surface area contributed by atoms with E-state index in [1.54, 1.807) is 19.1 Å². The Bertz CT molecular complexity index is 668. The van der Waals surface area contributed by atoms with Crippen molar-refractivity contribution in [1.29, 1.82) is 0 Å². The van der Waals surface area contributed by atoms with Crippen molar-refractivity contribution in [3.8, 4) is 0 Å². The lowest BCUT2D eigenvalue weighted by atomic mass is 10.1. The Labute approximate surface area is 128 Å². The van der Waals surface area contributed by atoms with E-state index in [1.165, 1.54) is 6.07 Å². The molecule has 0 saturated heterocycles. The third-order valence-corrected chi connectivity index (χ3v) is 3.09. The number of hydrogen-bond acceptors (Lipinski definition) is 3. The number of aryl methyl sites for hydroxylation is 1. The number of carboxylic acids is 1. The number of anilines is 1. The topological polar surface area (TPSA) is 75.6 Å². The molecule has 0 radical (unpaired) electrons. The van der Waals surface area contributed by atoms with Crippen LogP contribution in [0.2, 0.25) is 0 Å². The number of aromatic carboxylic acids is 1. The van der Waals surface area contributed by atoms with Crippen molar-refractivity contribution in [2.75, 3.05) is 11.9 Å². The summed E-state index contributed by atoms with van der Waals surface area (Å²) in [6.07, 6.45) is 0. The van der Waals surface area contributed by atoms with E-state index in [0.717, 1.165) is 5.56 Å². The minimum atomic E-state index is -0.985. The summed E-state index contributed by atoms with van der Waals surface area (Å²) in [5, 5.41) is 11.6. The molecule has 0 saturated carbocycles. The molecule has 2 rings (SSSR count). The van der Waals surface area contributed by atoms with E-state index in [2.05, 4.69) is 5.32 Å². The van der Waals surface area contributed by atoms with Crippen LogP contribution in [-0.2, 0) is 16.1 Å². The number of nitrogens with one attached hydrogen (secondary N) is 1. The molecule has 5 heteroatoms. The van der Waals surface area contributed by atoms with Crippen LogP contribution in [0, 0.1) is 6.92 Å². The first-order valence-electron chi connectivity index (χ1n) is 6.82. The van der Waals surface area contributed by atoms with Gasteiger partial charge in [-0.15, -0.1) is 0 Å². The summed E-state index contributed by atoms with van der Waals surface area (Å²) >= 11 is 0. The smallest absolute Gasteiger partial charge is 0.335 e. The molecule has 2 N–H and O–H groups in total. The Kier molecular flexibility index (Phi) is 5.27. The molecule has 22 heavy (non-hydrogen) atoms. The van der Waals surface area contributed by atoms with Crippen LogP contribution in [0.1, 0.15) is 21.5 Å². The lowest BCUT2D eigenvalue weighted by molar-refractivity contribution is -0.121. The van der Waals surface area contributed by atoms with Crippen molar-refractivity contribution < 1.29 is 19.4 Å². The molecular weight excluding hydrogens is 282 g/mol. The molecule has 0 aliphatic carbocycles. The molecule has 114 valence electrons. The summed E-state index contributed by atoms with van der Waals surface area (Å²) < 4.78 is 5.34.